The van der Waals surface area contributed by atoms with E-state index >= 15 is 0 Å². The van der Waals surface area contributed by atoms with Crippen LogP contribution in [0.4, 0.5) is 74.6 Å². The Hall–Kier alpha value is -1.19. The zero-order chi connectivity index (χ0) is 25.9. The molecular weight excluding hydrogens is 491 g/mol. The van der Waals surface area contributed by atoms with Crippen LogP contribution in [-0.4, -0.2) is 47.6 Å². The largest absolute Gasteiger partial charge is 0.460 e. The van der Waals surface area contributed by atoms with Gasteiger partial charge >= 0.3 is 47.6 Å². The molecular formula is C14H13F17. The monoisotopic (exact) mass is 504 g/mol. The maximum Gasteiger partial charge on any atom is 0.460 e. The van der Waals surface area contributed by atoms with Gasteiger partial charge < -0.3 is 0 Å². The van der Waals surface area contributed by atoms with Gasteiger partial charge in [-0.05, 0) is 6.42 Å². The molecule has 0 radical (unpaired) electrons. The molecule has 0 saturated heterocycles. The summed E-state index contributed by atoms with van der Waals surface area (Å²) in [6.07, 6.45) is -9.39. The average Bonchev–Trinajstić information content (AvgIpc) is 2.52. The molecule has 0 aliphatic rings. The van der Waals surface area contributed by atoms with Crippen molar-refractivity contribution in [1.82, 2.24) is 0 Å². The predicted molar refractivity (Wildman–Crippen MR) is 69.4 cm³/mol. The molecule has 0 unspecified atom stereocenters. The normalized spacial score (nSPS) is 16.6. The van der Waals surface area contributed by atoms with E-state index in [4.69, 9.17) is 0 Å². The molecule has 0 aliphatic heterocycles. The van der Waals surface area contributed by atoms with Gasteiger partial charge in [-0.1, -0.05) is 27.2 Å². The van der Waals surface area contributed by atoms with Gasteiger partial charge in [0.15, 0.2) is 0 Å². The lowest BCUT2D eigenvalue weighted by Gasteiger charge is -2.46. The number of halogens is 17. The highest BCUT2D eigenvalue weighted by molar-refractivity contribution is 5.16. The van der Waals surface area contributed by atoms with Crippen LogP contribution in [0.5, 0.6) is 0 Å². The van der Waals surface area contributed by atoms with Crippen LogP contribution < -0.4 is 0 Å². The van der Waals surface area contributed by atoms with Gasteiger partial charge in [-0.15, -0.1) is 0 Å². The first kappa shape index (κ1) is 29.8. The molecule has 0 nitrogen and oxygen atoms in total. The highest BCUT2D eigenvalue weighted by Gasteiger charge is 2.95. The van der Waals surface area contributed by atoms with Crippen LogP contribution in [0.15, 0.2) is 0 Å². The topological polar surface area (TPSA) is 0 Å². The van der Waals surface area contributed by atoms with Gasteiger partial charge in [0.25, 0.3) is 0 Å². The minimum absolute atomic E-state index is 0.0865. The standard InChI is InChI=1S/C14H13F17/c1-4-5-6(2,3)7(15,16)8(17,18)9(19,20)10(21,22)11(23,24)12(25,26)13(27,28)14(29,30)31/h4-5H2,1-3H3. The number of hydrogen-bond donors (Lipinski definition) is 0. The molecule has 0 aromatic heterocycles. The fourth-order valence-electron chi connectivity index (χ4n) is 2.37. The predicted octanol–water partition coefficient (Wildman–Crippen LogP) is 7.82. The summed E-state index contributed by atoms with van der Waals surface area (Å²) in [5.41, 5.74) is -3.38. The zero-order valence-corrected chi connectivity index (χ0v) is 15.3. The highest BCUT2D eigenvalue weighted by atomic mass is 19.4. The van der Waals surface area contributed by atoms with Crippen LogP contribution in [0.25, 0.3) is 0 Å². The number of alkyl halides is 17. The van der Waals surface area contributed by atoms with Gasteiger partial charge in [0.2, 0.25) is 0 Å². The molecule has 0 spiro atoms. The Kier molecular flexibility index (Phi) is 7.13. The van der Waals surface area contributed by atoms with Gasteiger partial charge in [-0.3, -0.25) is 0 Å². The van der Waals surface area contributed by atoms with Crippen molar-refractivity contribution in [2.45, 2.75) is 81.2 Å². The molecule has 188 valence electrons. The fourth-order valence-corrected chi connectivity index (χ4v) is 2.37. The van der Waals surface area contributed by atoms with Gasteiger partial charge in [0.05, 0.1) is 0 Å². The maximum absolute atomic E-state index is 14.0. The molecule has 0 aromatic rings. The summed E-state index contributed by atoms with van der Waals surface area (Å²) < 4.78 is 224. The molecule has 0 rings (SSSR count). The van der Waals surface area contributed by atoms with Gasteiger partial charge in [-0.25, -0.2) is 0 Å². The van der Waals surface area contributed by atoms with E-state index in [1.54, 1.807) is 0 Å². The SMILES string of the molecule is CCCC(C)(C)C(F)(F)C(F)(F)C(F)(F)C(F)(F)C(F)(F)C(F)(F)C(F)(F)C(F)(F)F. The molecule has 0 aromatic carbocycles. The zero-order valence-electron chi connectivity index (χ0n) is 15.3. The minimum Gasteiger partial charge on any atom is -0.199 e. The first-order chi connectivity index (χ1) is 13.1. The Morgan fingerprint density at radius 3 is 0.839 bits per heavy atom. The van der Waals surface area contributed by atoms with Gasteiger partial charge in [-0.2, -0.15) is 74.6 Å². The summed E-state index contributed by atoms with van der Waals surface area (Å²) in [6.45, 7) is 1.18. The van der Waals surface area contributed by atoms with E-state index in [1.165, 1.54) is 0 Å². The molecule has 0 bridgehead atoms. The Morgan fingerprint density at radius 1 is 0.387 bits per heavy atom. The Labute approximate surface area is 162 Å². The summed E-state index contributed by atoms with van der Waals surface area (Å²) >= 11 is 0. The van der Waals surface area contributed by atoms with E-state index in [9.17, 15) is 74.6 Å². The molecule has 0 fully saturated rings. The van der Waals surface area contributed by atoms with Crippen LogP contribution in [-0.2, 0) is 0 Å². The Balaban J connectivity index is 6.84. The third-order valence-electron chi connectivity index (χ3n) is 4.45. The van der Waals surface area contributed by atoms with Crippen molar-refractivity contribution in [2.75, 3.05) is 0 Å². The smallest absolute Gasteiger partial charge is 0.199 e. The quantitative estimate of drug-likeness (QED) is 0.281. The van der Waals surface area contributed by atoms with Crippen molar-refractivity contribution in [2.24, 2.45) is 5.41 Å². The van der Waals surface area contributed by atoms with E-state index in [0.29, 0.717) is 0 Å². The van der Waals surface area contributed by atoms with Crippen molar-refractivity contribution in [3.63, 3.8) is 0 Å². The van der Waals surface area contributed by atoms with E-state index in [-0.39, 0.29) is 13.8 Å². The molecule has 0 N–H and O–H groups in total. The van der Waals surface area contributed by atoms with Crippen molar-refractivity contribution in [3.05, 3.63) is 0 Å². The second kappa shape index (κ2) is 7.42. The van der Waals surface area contributed by atoms with Crippen molar-refractivity contribution in [3.8, 4) is 0 Å². The molecule has 0 amide bonds. The molecule has 0 heterocycles. The van der Waals surface area contributed by atoms with Crippen molar-refractivity contribution >= 4 is 0 Å². The van der Waals surface area contributed by atoms with Crippen LogP contribution >= 0.6 is 0 Å². The second-order valence-corrected chi connectivity index (χ2v) is 7.15. The summed E-state index contributed by atoms with van der Waals surface area (Å²) in [6, 6.07) is 0. The number of rotatable bonds is 9. The second-order valence-electron chi connectivity index (χ2n) is 7.15. The van der Waals surface area contributed by atoms with Gasteiger partial charge in [0.1, 0.15) is 0 Å². The lowest BCUT2D eigenvalue weighted by Crippen LogP contribution is -2.75. The summed E-state index contributed by atoms with van der Waals surface area (Å²) in [4.78, 5) is 0. The third kappa shape index (κ3) is 3.70. The highest BCUT2D eigenvalue weighted by Crippen LogP contribution is 2.65. The van der Waals surface area contributed by atoms with Crippen LogP contribution in [0.2, 0.25) is 0 Å². The number of hydrogen-bond acceptors (Lipinski definition) is 0. The molecule has 0 aliphatic carbocycles. The summed E-state index contributed by atoms with van der Waals surface area (Å²) in [5, 5.41) is 0. The van der Waals surface area contributed by atoms with Crippen LogP contribution in [0, 0.1) is 5.41 Å². The van der Waals surface area contributed by atoms with Gasteiger partial charge in [0, 0.05) is 5.41 Å². The van der Waals surface area contributed by atoms with Crippen LogP contribution in [0.3, 0.4) is 0 Å². The first-order valence-electron chi connectivity index (χ1n) is 7.77. The van der Waals surface area contributed by atoms with E-state index < -0.39 is 65.9 Å². The Bertz CT molecular complexity index is 640. The summed E-state index contributed by atoms with van der Waals surface area (Å²) in [5.74, 6) is -55.9. The van der Waals surface area contributed by atoms with Crippen molar-refractivity contribution in [1.29, 1.82) is 0 Å². The molecule has 0 saturated carbocycles. The molecule has 0 atom stereocenters. The third-order valence-corrected chi connectivity index (χ3v) is 4.45. The maximum atomic E-state index is 14.0. The van der Waals surface area contributed by atoms with E-state index in [2.05, 4.69) is 0 Å². The minimum atomic E-state index is -8.59. The van der Waals surface area contributed by atoms with E-state index in [1.807, 2.05) is 0 Å². The molecule has 17 heteroatoms. The van der Waals surface area contributed by atoms with Crippen LogP contribution in [0.1, 0.15) is 33.6 Å². The Morgan fingerprint density at radius 2 is 0.613 bits per heavy atom. The summed E-state index contributed by atoms with van der Waals surface area (Å²) in [7, 11) is 0. The van der Waals surface area contributed by atoms with E-state index in [0.717, 1.165) is 6.92 Å². The average molecular weight is 504 g/mol. The lowest BCUT2D eigenvalue weighted by atomic mass is 9.75. The lowest BCUT2D eigenvalue weighted by molar-refractivity contribution is -0.465. The first-order valence-corrected chi connectivity index (χ1v) is 7.77. The molecule has 31 heavy (non-hydrogen) atoms. The van der Waals surface area contributed by atoms with Crippen molar-refractivity contribution < 1.29 is 74.6 Å². The fraction of sp³-hybridized carbons (Fsp3) is 1.00.